The zero-order valence-corrected chi connectivity index (χ0v) is 12.5. The van der Waals surface area contributed by atoms with Crippen molar-refractivity contribution in [3.8, 4) is 5.75 Å². The van der Waals surface area contributed by atoms with Crippen LogP contribution in [0.4, 0.5) is 0 Å². The molecule has 1 heterocycles. The molecule has 1 aromatic heterocycles. The standard InChI is InChI=1S/C14H25N3O3/c1-15(2)5-4-6-17-11-14(20)13(19)9-12(17)10-16(3)7-8-18/h9,11,18,20H,4-8,10H2,1-3H3. The molecule has 0 saturated heterocycles. The second-order valence-electron chi connectivity index (χ2n) is 5.33. The molecule has 114 valence electrons. The second kappa shape index (κ2) is 8.04. The number of hydrogen-bond acceptors (Lipinski definition) is 5. The third kappa shape index (κ3) is 5.32. The van der Waals surface area contributed by atoms with Gasteiger partial charge < -0.3 is 19.7 Å². The van der Waals surface area contributed by atoms with Crippen molar-refractivity contribution in [3.05, 3.63) is 28.2 Å². The van der Waals surface area contributed by atoms with Gasteiger partial charge in [0.1, 0.15) is 0 Å². The van der Waals surface area contributed by atoms with E-state index in [2.05, 4.69) is 4.90 Å². The third-order valence-electron chi connectivity index (χ3n) is 3.12. The first-order valence-electron chi connectivity index (χ1n) is 6.80. The van der Waals surface area contributed by atoms with E-state index in [1.165, 1.54) is 12.3 Å². The molecule has 6 nitrogen and oxygen atoms in total. The summed E-state index contributed by atoms with van der Waals surface area (Å²) in [4.78, 5) is 15.6. The normalized spacial score (nSPS) is 11.5. The van der Waals surface area contributed by atoms with Crippen LogP contribution in [0.2, 0.25) is 0 Å². The Bertz CT molecular complexity index is 471. The van der Waals surface area contributed by atoms with Gasteiger partial charge in [0.25, 0.3) is 0 Å². The Kier molecular flexibility index (Phi) is 6.70. The van der Waals surface area contributed by atoms with Crippen LogP contribution < -0.4 is 5.43 Å². The molecule has 0 atom stereocenters. The highest BCUT2D eigenvalue weighted by atomic mass is 16.3. The minimum absolute atomic E-state index is 0.0828. The summed E-state index contributed by atoms with van der Waals surface area (Å²) in [6.07, 6.45) is 2.44. The van der Waals surface area contributed by atoms with Gasteiger partial charge >= 0.3 is 0 Å². The zero-order valence-electron chi connectivity index (χ0n) is 12.5. The van der Waals surface area contributed by atoms with E-state index in [1.807, 2.05) is 30.6 Å². The van der Waals surface area contributed by atoms with Crippen molar-refractivity contribution in [1.82, 2.24) is 14.4 Å². The number of rotatable bonds is 8. The molecule has 0 radical (unpaired) electrons. The number of aromatic hydroxyl groups is 1. The Morgan fingerprint density at radius 1 is 1.25 bits per heavy atom. The number of hydrogen-bond donors (Lipinski definition) is 2. The van der Waals surface area contributed by atoms with Gasteiger partial charge in [0, 0.05) is 31.4 Å². The van der Waals surface area contributed by atoms with E-state index in [1.54, 1.807) is 0 Å². The Hall–Kier alpha value is -1.37. The lowest BCUT2D eigenvalue weighted by Crippen LogP contribution is -2.25. The van der Waals surface area contributed by atoms with Crippen LogP contribution in [0.25, 0.3) is 0 Å². The van der Waals surface area contributed by atoms with E-state index in [0.29, 0.717) is 13.1 Å². The van der Waals surface area contributed by atoms with Crippen molar-refractivity contribution in [2.45, 2.75) is 19.5 Å². The van der Waals surface area contributed by atoms with E-state index in [0.717, 1.165) is 25.2 Å². The summed E-state index contributed by atoms with van der Waals surface area (Å²) in [6.45, 7) is 2.89. The summed E-state index contributed by atoms with van der Waals surface area (Å²) in [5.41, 5.74) is 0.490. The fourth-order valence-corrected chi connectivity index (χ4v) is 2.03. The maximum absolute atomic E-state index is 11.6. The Labute approximate surface area is 119 Å². The minimum atomic E-state index is -0.360. The van der Waals surface area contributed by atoms with E-state index >= 15 is 0 Å². The Morgan fingerprint density at radius 3 is 2.55 bits per heavy atom. The molecule has 0 fully saturated rings. The highest BCUT2D eigenvalue weighted by molar-refractivity contribution is 5.20. The molecule has 0 saturated carbocycles. The molecule has 1 rings (SSSR count). The van der Waals surface area contributed by atoms with Gasteiger partial charge in [0.2, 0.25) is 5.43 Å². The van der Waals surface area contributed by atoms with Crippen LogP contribution in [0, 0.1) is 0 Å². The summed E-state index contributed by atoms with van der Waals surface area (Å²) < 4.78 is 1.91. The second-order valence-corrected chi connectivity index (χ2v) is 5.33. The zero-order chi connectivity index (χ0) is 15.1. The molecular formula is C14H25N3O3. The molecule has 0 spiro atoms. The van der Waals surface area contributed by atoms with Gasteiger partial charge in [0.15, 0.2) is 5.75 Å². The lowest BCUT2D eigenvalue weighted by atomic mass is 10.2. The molecule has 0 aliphatic carbocycles. The molecule has 6 heteroatoms. The molecule has 1 aromatic rings. The van der Waals surface area contributed by atoms with Crippen molar-refractivity contribution in [2.24, 2.45) is 0 Å². The van der Waals surface area contributed by atoms with E-state index in [4.69, 9.17) is 5.11 Å². The highest BCUT2D eigenvalue weighted by Crippen LogP contribution is 2.08. The molecule has 0 aliphatic rings. The smallest absolute Gasteiger partial charge is 0.223 e. The average molecular weight is 283 g/mol. The monoisotopic (exact) mass is 283 g/mol. The van der Waals surface area contributed by atoms with Gasteiger partial charge in [-0.05, 0) is 34.1 Å². The molecule has 0 aliphatic heterocycles. The summed E-state index contributed by atoms with van der Waals surface area (Å²) in [7, 11) is 5.91. The maximum atomic E-state index is 11.6. The minimum Gasteiger partial charge on any atom is -0.503 e. The van der Waals surface area contributed by atoms with Crippen molar-refractivity contribution >= 4 is 0 Å². The lowest BCUT2D eigenvalue weighted by Gasteiger charge is -2.20. The first-order valence-corrected chi connectivity index (χ1v) is 6.80. The van der Waals surface area contributed by atoms with Crippen LogP contribution >= 0.6 is 0 Å². The van der Waals surface area contributed by atoms with Gasteiger partial charge in [-0.2, -0.15) is 0 Å². The van der Waals surface area contributed by atoms with Crippen LogP contribution in [0.3, 0.4) is 0 Å². The number of pyridine rings is 1. The molecule has 0 unspecified atom stereocenters. The number of aryl methyl sites for hydroxylation is 1. The molecule has 2 N–H and O–H groups in total. The van der Waals surface area contributed by atoms with Crippen LogP contribution in [-0.2, 0) is 13.1 Å². The lowest BCUT2D eigenvalue weighted by molar-refractivity contribution is 0.214. The number of aliphatic hydroxyl groups excluding tert-OH is 1. The van der Waals surface area contributed by atoms with Gasteiger partial charge in [-0.1, -0.05) is 0 Å². The molecule has 0 amide bonds. The van der Waals surface area contributed by atoms with Crippen molar-refractivity contribution in [2.75, 3.05) is 40.8 Å². The SMILES string of the molecule is CN(C)CCCn1cc(O)c(=O)cc1CN(C)CCO. The summed E-state index contributed by atoms with van der Waals surface area (Å²) in [5, 5.41) is 18.5. The molecule has 0 bridgehead atoms. The van der Waals surface area contributed by atoms with Gasteiger partial charge in [-0.25, -0.2) is 0 Å². The topological polar surface area (TPSA) is 68.9 Å². The number of aromatic nitrogens is 1. The Morgan fingerprint density at radius 2 is 1.95 bits per heavy atom. The largest absolute Gasteiger partial charge is 0.503 e. The number of nitrogens with zero attached hydrogens (tertiary/aromatic N) is 3. The highest BCUT2D eigenvalue weighted by Gasteiger charge is 2.08. The first-order chi connectivity index (χ1) is 9.43. The van der Waals surface area contributed by atoms with Crippen LogP contribution in [0.5, 0.6) is 5.75 Å². The summed E-state index contributed by atoms with van der Waals surface area (Å²) in [6, 6.07) is 1.47. The molecule has 0 aromatic carbocycles. The van der Waals surface area contributed by atoms with E-state index in [-0.39, 0.29) is 17.8 Å². The quantitative estimate of drug-likeness (QED) is 0.699. The van der Waals surface area contributed by atoms with Crippen LogP contribution in [0.1, 0.15) is 12.1 Å². The predicted molar refractivity (Wildman–Crippen MR) is 79.0 cm³/mol. The summed E-state index contributed by atoms with van der Waals surface area (Å²) >= 11 is 0. The van der Waals surface area contributed by atoms with Crippen molar-refractivity contribution in [1.29, 1.82) is 0 Å². The van der Waals surface area contributed by atoms with Gasteiger partial charge in [-0.3, -0.25) is 9.69 Å². The predicted octanol–water partition coefficient (Wildman–Crippen LogP) is -0.0703. The third-order valence-corrected chi connectivity index (χ3v) is 3.12. The first kappa shape index (κ1) is 16.7. The average Bonchev–Trinajstić information content (AvgIpc) is 2.35. The molecule has 20 heavy (non-hydrogen) atoms. The van der Waals surface area contributed by atoms with Crippen molar-refractivity contribution < 1.29 is 10.2 Å². The van der Waals surface area contributed by atoms with E-state index in [9.17, 15) is 9.90 Å². The maximum Gasteiger partial charge on any atom is 0.223 e. The number of aliphatic hydroxyl groups is 1. The molecular weight excluding hydrogens is 258 g/mol. The van der Waals surface area contributed by atoms with Crippen LogP contribution in [0.15, 0.2) is 17.1 Å². The van der Waals surface area contributed by atoms with Crippen molar-refractivity contribution in [3.63, 3.8) is 0 Å². The fraction of sp³-hybridized carbons (Fsp3) is 0.643. The Balaban J connectivity index is 2.84. The fourth-order valence-electron chi connectivity index (χ4n) is 2.03. The van der Waals surface area contributed by atoms with Gasteiger partial charge in [0.05, 0.1) is 12.8 Å². The van der Waals surface area contributed by atoms with Gasteiger partial charge in [-0.15, -0.1) is 0 Å². The van der Waals surface area contributed by atoms with E-state index < -0.39 is 0 Å². The van der Waals surface area contributed by atoms with Crippen LogP contribution in [-0.4, -0.2) is 65.4 Å². The summed E-state index contributed by atoms with van der Waals surface area (Å²) in [5.74, 6) is -0.219. The number of likely N-dealkylation sites (N-methyl/N-ethyl adjacent to an activating group) is 1.